The Bertz CT molecular complexity index is 805. The molecule has 4 heteroatoms. The highest BCUT2D eigenvalue weighted by Gasteiger charge is 2.08. The number of hydrogen-bond acceptors (Lipinski definition) is 3. The smallest absolute Gasteiger partial charge is 0.262 e. The van der Waals surface area contributed by atoms with Crippen LogP contribution in [0.3, 0.4) is 0 Å². The zero-order chi connectivity index (χ0) is 20.7. The number of hydrogen-bond donors (Lipinski definition) is 1. The maximum Gasteiger partial charge on any atom is 0.262 e. The molecular formula is C25H30N2O2. The van der Waals surface area contributed by atoms with Gasteiger partial charge in [0.25, 0.3) is 5.91 Å². The van der Waals surface area contributed by atoms with Crippen LogP contribution in [0.15, 0.2) is 60.2 Å². The first-order chi connectivity index (χ1) is 14.2. The highest BCUT2D eigenvalue weighted by Crippen LogP contribution is 2.15. The van der Waals surface area contributed by atoms with Crippen LogP contribution in [0.1, 0.15) is 56.6 Å². The number of nitrogens with zero attached hydrogens (tertiary/aromatic N) is 1. The molecule has 0 aliphatic rings. The van der Waals surface area contributed by atoms with E-state index in [0.29, 0.717) is 13.2 Å². The molecule has 0 heterocycles. The van der Waals surface area contributed by atoms with Crippen molar-refractivity contribution in [3.05, 3.63) is 71.3 Å². The summed E-state index contributed by atoms with van der Waals surface area (Å²) in [6, 6.07) is 19.1. The largest absolute Gasteiger partial charge is 0.494 e. The lowest BCUT2D eigenvalue weighted by Gasteiger charge is -2.07. The fraction of sp³-hybridized carbons (Fsp3) is 0.360. The van der Waals surface area contributed by atoms with E-state index in [1.165, 1.54) is 32.1 Å². The molecule has 4 nitrogen and oxygen atoms in total. The van der Waals surface area contributed by atoms with Crippen molar-refractivity contribution in [1.82, 2.24) is 5.32 Å². The van der Waals surface area contributed by atoms with E-state index in [-0.39, 0.29) is 11.5 Å². The van der Waals surface area contributed by atoms with E-state index in [9.17, 15) is 10.1 Å². The molecule has 2 aromatic rings. The van der Waals surface area contributed by atoms with E-state index in [0.717, 1.165) is 23.3 Å². The third-order valence-electron chi connectivity index (χ3n) is 4.62. The van der Waals surface area contributed by atoms with Gasteiger partial charge in [-0.25, -0.2) is 0 Å². The minimum Gasteiger partial charge on any atom is -0.494 e. The van der Waals surface area contributed by atoms with E-state index >= 15 is 0 Å². The molecule has 0 saturated carbocycles. The number of carbonyl (C=O) groups excluding carboxylic acids is 1. The van der Waals surface area contributed by atoms with Crippen molar-refractivity contribution in [2.45, 2.75) is 52.0 Å². The fourth-order valence-electron chi connectivity index (χ4n) is 2.92. The summed E-state index contributed by atoms with van der Waals surface area (Å²) < 4.78 is 5.77. The fourth-order valence-corrected chi connectivity index (χ4v) is 2.92. The second-order valence-corrected chi connectivity index (χ2v) is 7.02. The van der Waals surface area contributed by atoms with Crippen molar-refractivity contribution in [3.8, 4) is 11.8 Å². The molecule has 1 N–H and O–H groups in total. The Balaban J connectivity index is 1.80. The molecule has 0 aliphatic carbocycles. The van der Waals surface area contributed by atoms with Crippen molar-refractivity contribution in [2.75, 3.05) is 6.61 Å². The van der Waals surface area contributed by atoms with Crippen molar-refractivity contribution in [2.24, 2.45) is 0 Å². The molecule has 0 atom stereocenters. The average Bonchev–Trinajstić information content (AvgIpc) is 2.77. The minimum absolute atomic E-state index is 0.0849. The lowest BCUT2D eigenvalue weighted by molar-refractivity contribution is -0.117. The lowest BCUT2D eigenvalue weighted by atomic mass is 10.1. The van der Waals surface area contributed by atoms with Crippen LogP contribution in [-0.2, 0) is 11.3 Å². The predicted octanol–water partition coefficient (Wildman–Crippen LogP) is 5.65. The van der Waals surface area contributed by atoms with Crippen LogP contribution in [0.4, 0.5) is 0 Å². The molecule has 2 rings (SSSR count). The molecular weight excluding hydrogens is 360 g/mol. The summed E-state index contributed by atoms with van der Waals surface area (Å²) >= 11 is 0. The predicted molar refractivity (Wildman–Crippen MR) is 117 cm³/mol. The van der Waals surface area contributed by atoms with E-state index < -0.39 is 0 Å². The molecule has 0 spiro atoms. The summed E-state index contributed by atoms with van der Waals surface area (Å²) in [5.41, 5.74) is 1.87. The van der Waals surface area contributed by atoms with Crippen LogP contribution in [0.25, 0.3) is 6.08 Å². The molecule has 0 aromatic heterocycles. The number of benzene rings is 2. The van der Waals surface area contributed by atoms with Gasteiger partial charge in [0.2, 0.25) is 0 Å². The van der Waals surface area contributed by atoms with E-state index in [1.807, 2.05) is 60.7 Å². The first-order valence-electron chi connectivity index (χ1n) is 10.4. The first-order valence-corrected chi connectivity index (χ1v) is 10.4. The summed E-state index contributed by atoms with van der Waals surface area (Å²) in [5.74, 6) is 0.433. The van der Waals surface area contributed by atoms with Gasteiger partial charge in [-0.3, -0.25) is 4.79 Å². The topological polar surface area (TPSA) is 62.1 Å². The standard InChI is InChI=1S/C25H30N2O2/c1-2-3-4-5-6-10-17-29-24-15-13-21(14-16-24)18-23(19-26)25(28)27-20-22-11-8-7-9-12-22/h7-9,11-16,18H,2-6,10,17,20H2,1H3,(H,27,28)/b23-18+. The second-order valence-electron chi connectivity index (χ2n) is 7.02. The molecule has 152 valence electrons. The Hall–Kier alpha value is -3.06. The van der Waals surface area contributed by atoms with Crippen molar-refractivity contribution in [3.63, 3.8) is 0 Å². The second kappa shape index (κ2) is 13.2. The Morgan fingerprint density at radius 1 is 1.00 bits per heavy atom. The SMILES string of the molecule is CCCCCCCCOc1ccc(/C=C(\C#N)C(=O)NCc2ccccc2)cc1. The van der Waals surface area contributed by atoms with Crippen molar-refractivity contribution in [1.29, 1.82) is 5.26 Å². The summed E-state index contributed by atoms with van der Waals surface area (Å²) in [6.45, 7) is 3.33. The van der Waals surface area contributed by atoms with Gasteiger partial charge in [-0.2, -0.15) is 5.26 Å². The van der Waals surface area contributed by atoms with Gasteiger partial charge < -0.3 is 10.1 Å². The van der Waals surface area contributed by atoms with Crippen molar-refractivity contribution >= 4 is 12.0 Å². The summed E-state index contributed by atoms with van der Waals surface area (Å²) in [7, 11) is 0. The molecule has 0 fully saturated rings. The first kappa shape index (κ1) is 22.2. The molecule has 0 unspecified atom stereocenters. The monoisotopic (exact) mass is 390 g/mol. The highest BCUT2D eigenvalue weighted by atomic mass is 16.5. The summed E-state index contributed by atoms with van der Waals surface area (Å²) in [5, 5.41) is 12.1. The molecule has 29 heavy (non-hydrogen) atoms. The quantitative estimate of drug-likeness (QED) is 0.289. The van der Waals surface area contributed by atoms with Gasteiger partial charge in [-0.1, -0.05) is 81.5 Å². The van der Waals surface area contributed by atoms with Crippen LogP contribution < -0.4 is 10.1 Å². The Morgan fingerprint density at radius 2 is 1.69 bits per heavy atom. The van der Waals surface area contributed by atoms with Gasteiger partial charge in [0.15, 0.2) is 0 Å². The highest BCUT2D eigenvalue weighted by molar-refractivity contribution is 6.01. The molecule has 0 saturated heterocycles. The maximum atomic E-state index is 12.3. The molecule has 0 radical (unpaired) electrons. The number of amides is 1. The van der Waals surface area contributed by atoms with Crippen LogP contribution in [0, 0.1) is 11.3 Å². The van der Waals surface area contributed by atoms with Gasteiger partial charge in [0.1, 0.15) is 17.4 Å². The average molecular weight is 391 g/mol. The molecule has 1 amide bonds. The van der Waals surface area contributed by atoms with Crippen LogP contribution in [-0.4, -0.2) is 12.5 Å². The van der Waals surface area contributed by atoms with E-state index in [4.69, 9.17) is 4.74 Å². The van der Waals surface area contributed by atoms with Gasteiger partial charge >= 0.3 is 0 Å². The van der Waals surface area contributed by atoms with Gasteiger partial charge in [-0.15, -0.1) is 0 Å². The normalized spacial score (nSPS) is 11.0. The maximum absolute atomic E-state index is 12.3. The summed E-state index contributed by atoms with van der Waals surface area (Å²) in [4.78, 5) is 12.3. The number of nitrogens with one attached hydrogen (secondary N) is 1. The Labute approximate surface area is 174 Å². The summed E-state index contributed by atoms with van der Waals surface area (Å²) in [6.07, 6.45) is 9.00. The third-order valence-corrected chi connectivity index (χ3v) is 4.62. The number of ether oxygens (including phenoxy) is 1. The van der Waals surface area contributed by atoms with Gasteiger partial charge in [0.05, 0.1) is 6.61 Å². The molecule has 2 aromatic carbocycles. The number of rotatable bonds is 12. The van der Waals surface area contributed by atoms with Crippen LogP contribution >= 0.6 is 0 Å². The van der Waals surface area contributed by atoms with E-state index in [2.05, 4.69) is 12.2 Å². The van der Waals surface area contributed by atoms with Crippen LogP contribution in [0.2, 0.25) is 0 Å². The van der Waals surface area contributed by atoms with E-state index in [1.54, 1.807) is 6.08 Å². The lowest BCUT2D eigenvalue weighted by Crippen LogP contribution is -2.23. The molecule has 0 bridgehead atoms. The molecule has 0 aliphatic heterocycles. The van der Waals surface area contributed by atoms with Gasteiger partial charge in [0, 0.05) is 6.54 Å². The number of nitriles is 1. The van der Waals surface area contributed by atoms with Crippen LogP contribution in [0.5, 0.6) is 5.75 Å². The van der Waals surface area contributed by atoms with Crippen molar-refractivity contribution < 1.29 is 9.53 Å². The zero-order valence-corrected chi connectivity index (χ0v) is 17.2. The third kappa shape index (κ3) is 8.66. The Kier molecular flexibility index (Phi) is 10.1. The minimum atomic E-state index is -0.375. The van der Waals surface area contributed by atoms with Gasteiger partial charge in [-0.05, 0) is 35.8 Å². The number of unbranched alkanes of at least 4 members (excludes halogenated alkanes) is 5. The number of carbonyl (C=O) groups is 1. The zero-order valence-electron chi connectivity index (χ0n) is 17.2. The Morgan fingerprint density at radius 3 is 2.38 bits per heavy atom.